The van der Waals surface area contributed by atoms with Gasteiger partial charge in [0.15, 0.2) is 0 Å². The SMILES string of the molecule is COc1ccccc1CNC(=O)C(=O)NCC1CCN(S(=O)(=O)N(C)C)CC1. The van der Waals surface area contributed by atoms with Crippen LogP contribution in [0.15, 0.2) is 24.3 Å². The van der Waals surface area contributed by atoms with Gasteiger partial charge in [0, 0.05) is 45.8 Å². The van der Waals surface area contributed by atoms with Crippen molar-refractivity contribution < 1.29 is 22.7 Å². The zero-order valence-electron chi connectivity index (χ0n) is 16.5. The van der Waals surface area contributed by atoms with E-state index in [0.717, 1.165) is 5.56 Å². The molecule has 0 aliphatic carbocycles. The van der Waals surface area contributed by atoms with Gasteiger partial charge in [-0.15, -0.1) is 0 Å². The molecule has 2 rings (SSSR count). The van der Waals surface area contributed by atoms with Crippen molar-refractivity contribution in [1.29, 1.82) is 0 Å². The molecule has 0 saturated carbocycles. The van der Waals surface area contributed by atoms with Crippen LogP contribution in [0.2, 0.25) is 0 Å². The molecule has 1 aliphatic rings. The van der Waals surface area contributed by atoms with E-state index in [0.29, 0.717) is 38.2 Å². The molecule has 0 aromatic heterocycles. The lowest BCUT2D eigenvalue weighted by molar-refractivity contribution is -0.139. The monoisotopic (exact) mass is 412 g/mol. The van der Waals surface area contributed by atoms with Crippen LogP contribution in [0.3, 0.4) is 0 Å². The van der Waals surface area contributed by atoms with Crippen LogP contribution in [0.5, 0.6) is 5.75 Å². The fraction of sp³-hybridized carbons (Fsp3) is 0.556. The number of nitrogens with one attached hydrogen (secondary N) is 2. The molecule has 1 fully saturated rings. The highest BCUT2D eigenvalue weighted by atomic mass is 32.2. The number of piperidine rings is 1. The highest BCUT2D eigenvalue weighted by Crippen LogP contribution is 2.20. The number of ether oxygens (including phenoxy) is 1. The minimum atomic E-state index is -3.40. The van der Waals surface area contributed by atoms with Crippen LogP contribution in [0, 0.1) is 5.92 Å². The number of carbonyl (C=O) groups excluding carboxylic acids is 2. The molecule has 1 heterocycles. The van der Waals surface area contributed by atoms with E-state index in [1.807, 2.05) is 18.2 Å². The van der Waals surface area contributed by atoms with Crippen molar-refractivity contribution in [2.24, 2.45) is 5.92 Å². The molecule has 2 amide bonds. The number of para-hydroxylation sites is 1. The van der Waals surface area contributed by atoms with Crippen LogP contribution in [0.4, 0.5) is 0 Å². The molecule has 0 unspecified atom stereocenters. The zero-order valence-corrected chi connectivity index (χ0v) is 17.3. The lowest BCUT2D eigenvalue weighted by Crippen LogP contribution is -2.47. The van der Waals surface area contributed by atoms with E-state index in [1.54, 1.807) is 13.2 Å². The zero-order chi connectivity index (χ0) is 20.7. The van der Waals surface area contributed by atoms with Crippen molar-refractivity contribution in [3.8, 4) is 5.75 Å². The summed E-state index contributed by atoms with van der Waals surface area (Å²) in [5.74, 6) is -0.626. The average Bonchev–Trinajstić information content (AvgIpc) is 2.70. The van der Waals surface area contributed by atoms with Gasteiger partial charge in [0.25, 0.3) is 10.2 Å². The average molecular weight is 413 g/mol. The smallest absolute Gasteiger partial charge is 0.309 e. The molecule has 2 N–H and O–H groups in total. The number of rotatable bonds is 7. The van der Waals surface area contributed by atoms with Crippen LogP contribution in [0.25, 0.3) is 0 Å². The lowest BCUT2D eigenvalue weighted by atomic mass is 9.98. The first kappa shape index (κ1) is 22.1. The first-order chi connectivity index (χ1) is 13.3. The Morgan fingerprint density at radius 2 is 1.75 bits per heavy atom. The van der Waals surface area contributed by atoms with Crippen molar-refractivity contribution in [1.82, 2.24) is 19.2 Å². The van der Waals surface area contributed by atoms with E-state index >= 15 is 0 Å². The maximum absolute atomic E-state index is 12.1. The number of nitrogens with zero attached hydrogens (tertiary/aromatic N) is 2. The summed E-state index contributed by atoms with van der Waals surface area (Å²) in [5.41, 5.74) is 0.778. The number of benzene rings is 1. The fourth-order valence-corrected chi connectivity index (χ4v) is 4.13. The molecule has 1 aromatic carbocycles. The van der Waals surface area contributed by atoms with Gasteiger partial charge in [0.1, 0.15) is 5.75 Å². The van der Waals surface area contributed by atoms with E-state index in [9.17, 15) is 18.0 Å². The fourth-order valence-electron chi connectivity index (χ4n) is 3.00. The third kappa shape index (κ3) is 5.66. The first-order valence-corrected chi connectivity index (χ1v) is 10.5. The Morgan fingerprint density at radius 1 is 1.14 bits per heavy atom. The number of hydrogen-bond acceptors (Lipinski definition) is 5. The highest BCUT2D eigenvalue weighted by Gasteiger charge is 2.29. The van der Waals surface area contributed by atoms with Crippen LogP contribution >= 0.6 is 0 Å². The van der Waals surface area contributed by atoms with Gasteiger partial charge in [-0.2, -0.15) is 17.0 Å². The predicted octanol–water partition coefficient (Wildman–Crippen LogP) is -0.0540. The Labute approximate surface area is 166 Å². The maximum atomic E-state index is 12.1. The number of methoxy groups -OCH3 is 1. The van der Waals surface area contributed by atoms with Gasteiger partial charge in [0.05, 0.1) is 7.11 Å². The quantitative estimate of drug-likeness (QED) is 0.611. The largest absolute Gasteiger partial charge is 0.496 e. The molecule has 10 heteroatoms. The first-order valence-electron chi connectivity index (χ1n) is 9.11. The van der Waals surface area contributed by atoms with Gasteiger partial charge < -0.3 is 15.4 Å². The summed E-state index contributed by atoms with van der Waals surface area (Å²) >= 11 is 0. The minimum absolute atomic E-state index is 0.138. The minimum Gasteiger partial charge on any atom is -0.496 e. The van der Waals surface area contributed by atoms with E-state index in [4.69, 9.17) is 4.74 Å². The van der Waals surface area contributed by atoms with Crippen molar-refractivity contribution in [3.63, 3.8) is 0 Å². The van der Waals surface area contributed by atoms with Crippen LogP contribution in [-0.4, -0.2) is 69.7 Å². The summed E-state index contributed by atoms with van der Waals surface area (Å²) in [5, 5.41) is 5.21. The molecule has 0 atom stereocenters. The van der Waals surface area contributed by atoms with E-state index in [2.05, 4.69) is 10.6 Å². The molecular weight excluding hydrogens is 384 g/mol. The standard InChI is InChI=1S/C18H28N4O5S/c1-21(2)28(25,26)22-10-8-14(9-11-22)12-19-17(23)18(24)20-13-15-6-4-5-7-16(15)27-3/h4-7,14H,8-13H2,1-3H3,(H,19,23)(H,20,24). The molecule has 1 saturated heterocycles. The molecular formula is C18H28N4O5S. The normalized spacial score (nSPS) is 16.0. The summed E-state index contributed by atoms with van der Waals surface area (Å²) in [6.07, 6.45) is 1.27. The number of carbonyl (C=O) groups is 2. The Balaban J connectivity index is 1.74. The summed E-state index contributed by atoms with van der Waals surface area (Å²) in [6, 6.07) is 7.25. The van der Waals surface area contributed by atoms with Gasteiger partial charge in [0.2, 0.25) is 0 Å². The number of hydrogen-bond donors (Lipinski definition) is 2. The molecule has 0 spiro atoms. The van der Waals surface area contributed by atoms with Crippen LogP contribution < -0.4 is 15.4 Å². The van der Waals surface area contributed by atoms with Crippen molar-refractivity contribution >= 4 is 22.0 Å². The Bertz CT molecular complexity index is 789. The summed E-state index contributed by atoms with van der Waals surface area (Å²) in [4.78, 5) is 24.0. The van der Waals surface area contributed by atoms with Crippen LogP contribution in [0.1, 0.15) is 18.4 Å². The summed E-state index contributed by atoms with van der Waals surface area (Å²) < 4.78 is 32.0. The summed E-state index contributed by atoms with van der Waals surface area (Å²) in [6.45, 7) is 1.34. The van der Waals surface area contributed by atoms with Gasteiger partial charge >= 0.3 is 11.8 Å². The second kappa shape index (κ2) is 9.85. The molecule has 1 aromatic rings. The third-order valence-corrected chi connectivity index (χ3v) is 6.69. The molecule has 0 radical (unpaired) electrons. The van der Waals surface area contributed by atoms with E-state index < -0.39 is 22.0 Å². The number of amides is 2. The predicted molar refractivity (Wildman–Crippen MR) is 105 cm³/mol. The molecule has 156 valence electrons. The van der Waals surface area contributed by atoms with Crippen molar-refractivity contribution in [3.05, 3.63) is 29.8 Å². The Morgan fingerprint density at radius 3 is 2.36 bits per heavy atom. The lowest BCUT2D eigenvalue weighted by Gasteiger charge is -2.32. The molecule has 0 bridgehead atoms. The van der Waals surface area contributed by atoms with Gasteiger partial charge in [-0.25, -0.2) is 0 Å². The Hall–Kier alpha value is -2.17. The molecule has 9 nitrogen and oxygen atoms in total. The molecule has 28 heavy (non-hydrogen) atoms. The van der Waals surface area contributed by atoms with Crippen molar-refractivity contribution in [2.75, 3.05) is 40.8 Å². The molecule has 1 aliphatic heterocycles. The van der Waals surface area contributed by atoms with Gasteiger partial charge in [-0.05, 0) is 24.8 Å². The topological polar surface area (TPSA) is 108 Å². The second-order valence-electron chi connectivity index (χ2n) is 6.84. The second-order valence-corrected chi connectivity index (χ2v) is 8.98. The van der Waals surface area contributed by atoms with Gasteiger partial charge in [-0.1, -0.05) is 18.2 Å². The highest BCUT2D eigenvalue weighted by molar-refractivity contribution is 7.86. The van der Waals surface area contributed by atoms with Crippen molar-refractivity contribution in [2.45, 2.75) is 19.4 Å². The maximum Gasteiger partial charge on any atom is 0.309 e. The van der Waals surface area contributed by atoms with Gasteiger partial charge in [-0.3, -0.25) is 9.59 Å². The summed E-state index contributed by atoms with van der Waals surface area (Å²) in [7, 11) is 1.15. The van der Waals surface area contributed by atoms with E-state index in [-0.39, 0.29) is 12.5 Å². The van der Waals surface area contributed by atoms with Crippen LogP contribution in [-0.2, 0) is 26.3 Å². The third-order valence-electron chi connectivity index (χ3n) is 4.75. The van der Waals surface area contributed by atoms with E-state index in [1.165, 1.54) is 22.7 Å². The Kier molecular flexibility index (Phi) is 7.78.